The molecular formula is C22H28Cl2N6O4. The third kappa shape index (κ3) is 5.75. The van der Waals surface area contributed by atoms with E-state index in [4.69, 9.17) is 33.8 Å². The lowest BCUT2D eigenvalue weighted by atomic mass is 10.1. The van der Waals surface area contributed by atoms with Crippen LogP contribution in [0.5, 0.6) is 0 Å². The number of rotatable bonds is 4. The molecule has 3 rings (SSSR count). The van der Waals surface area contributed by atoms with Gasteiger partial charge < -0.3 is 24.8 Å². The van der Waals surface area contributed by atoms with Gasteiger partial charge in [0.15, 0.2) is 0 Å². The number of aromatic amines is 1. The number of piperazine rings is 1. The van der Waals surface area contributed by atoms with Crippen LogP contribution in [0.15, 0.2) is 18.2 Å². The predicted molar refractivity (Wildman–Crippen MR) is 132 cm³/mol. The van der Waals surface area contributed by atoms with E-state index in [2.05, 4.69) is 15.7 Å². The minimum Gasteiger partial charge on any atom is -0.444 e. The summed E-state index contributed by atoms with van der Waals surface area (Å²) in [6.45, 7) is 8.90. The van der Waals surface area contributed by atoms with E-state index < -0.39 is 17.4 Å². The van der Waals surface area contributed by atoms with Gasteiger partial charge in [0.1, 0.15) is 11.3 Å². The first kappa shape index (κ1) is 25.7. The smallest absolute Gasteiger partial charge is 0.410 e. The van der Waals surface area contributed by atoms with Crippen molar-refractivity contribution in [2.45, 2.75) is 33.3 Å². The van der Waals surface area contributed by atoms with Crippen LogP contribution in [0.2, 0.25) is 10.0 Å². The number of carbonyl (C=O) groups excluding carboxylic acids is 3. The Balaban J connectivity index is 1.84. The molecule has 0 atom stereocenters. The Bertz CT molecular complexity index is 1100. The zero-order valence-corrected chi connectivity index (χ0v) is 20.9. The summed E-state index contributed by atoms with van der Waals surface area (Å²) >= 11 is 12.3. The summed E-state index contributed by atoms with van der Waals surface area (Å²) in [5, 5.41) is 3.24. The van der Waals surface area contributed by atoms with Crippen LogP contribution in [-0.2, 0) is 4.74 Å². The van der Waals surface area contributed by atoms with Crippen molar-refractivity contribution in [3.8, 4) is 0 Å². The molecule has 1 aliphatic rings. The Morgan fingerprint density at radius 2 is 1.71 bits per heavy atom. The average molecular weight is 511 g/mol. The van der Waals surface area contributed by atoms with Crippen molar-refractivity contribution in [2.24, 2.45) is 5.84 Å². The van der Waals surface area contributed by atoms with Crippen molar-refractivity contribution >= 4 is 52.5 Å². The molecule has 2 heterocycles. The van der Waals surface area contributed by atoms with Crippen LogP contribution in [-0.4, -0.2) is 59.6 Å². The fourth-order valence-corrected chi connectivity index (χ4v) is 3.91. The van der Waals surface area contributed by atoms with Crippen molar-refractivity contribution in [3.63, 3.8) is 0 Å². The molecule has 0 saturated carbocycles. The summed E-state index contributed by atoms with van der Waals surface area (Å²) in [5.41, 5.74) is 3.61. The number of benzene rings is 1. The summed E-state index contributed by atoms with van der Waals surface area (Å²) in [6.07, 6.45) is -0.384. The molecule has 10 nitrogen and oxygen atoms in total. The van der Waals surface area contributed by atoms with Crippen LogP contribution in [0.3, 0.4) is 0 Å². The van der Waals surface area contributed by atoms with E-state index >= 15 is 0 Å². The second-order valence-electron chi connectivity index (χ2n) is 8.87. The monoisotopic (exact) mass is 510 g/mol. The number of nitrogens with zero attached hydrogens (tertiary/aromatic N) is 2. The SMILES string of the molecule is Cc1[nH]c(C(=O)Nc2ccc(C(=O)NN)cc2N2CCN(C(=O)OC(C)(C)C)CC2)c(Cl)c1Cl. The number of hydrogen-bond donors (Lipinski definition) is 4. The third-order valence-electron chi connectivity index (χ3n) is 5.19. The number of ether oxygens (including phenoxy) is 1. The molecule has 2 aromatic rings. The number of aryl methyl sites for hydroxylation is 1. The minimum absolute atomic E-state index is 0.128. The predicted octanol–water partition coefficient (Wildman–Crippen LogP) is 3.54. The van der Waals surface area contributed by atoms with Gasteiger partial charge in [-0.15, -0.1) is 0 Å². The largest absolute Gasteiger partial charge is 0.444 e. The quantitative estimate of drug-likeness (QED) is 0.282. The molecule has 0 bridgehead atoms. The van der Waals surface area contributed by atoms with E-state index in [0.29, 0.717) is 48.8 Å². The summed E-state index contributed by atoms with van der Waals surface area (Å²) < 4.78 is 5.45. The molecule has 1 aliphatic heterocycles. The van der Waals surface area contributed by atoms with Gasteiger partial charge in [0.25, 0.3) is 11.8 Å². The van der Waals surface area contributed by atoms with Crippen molar-refractivity contribution in [2.75, 3.05) is 36.4 Å². The topological polar surface area (TPSA) is 133 Å². The zero-order chi connectivity index (χ0) is 25.2. The van der Waals surface area contributed by atoms with Gasteiger partial charge in [0, 0.05) is 37.4 Å². The van der Waals surface area contributed by atoms with Crippen LogP contribution in [0.1, 0.15) is 47.3 Å². The molecule has 12 heteroatoms. The Morgan fingerprint density at radius 3 is 2.24 bits per heavy atom. The van der Waals surface area contributed by atoms with Crippen molar-refractivity contribution < 1.29 is 19.1 Å². The maximum atomic E-state index is 12.9. The van der Waals surface area contributed by atoms with Crippen molar-refractivity contribution in [1.29, 1.82) is 0 Å². The van der Waals surface area contributed by atoms with E-state index in [-0.39, 0.29) is 21.8 Å². The normalized spacial score (nSPS) is 14.1. The molecule has 34 heavy (non-hydrogen) atoms. The number of nitrogens with two attached hydrogens (primary N) is 1. The average Bonchev–Trinajstić information content (AvgIpc) is 3.05. The summed E-state index contributed by atoms with van der Waals surface area (Å²) in [6, 6.07) is 4.80. The Labute approximate surface area is 207 Å². The number of nitrogens with one attached hydrogen (secondary N) is 3. The number of hydrazine groups is 1. The number of anilines is 2. The maximum Gasteiger partial charge on any atom is 0.410 e. The van der Waals surface area contributed by atoms with E-state index in [1.807, 2.05) is 25.7 Å². The number of hydrogen-bond acceptors (Lipinski definition) is 6. The fraction of sp³-hybridized carbons (Fsp3) is 0.409. The van der Waals surface area contributed by atoms with Crippen LogP contribution in [0.4, 0.5) is 16.2 Å². The number of nitrogen functional groups attached to an aromatic ring is 1. The van der Waals surface area contributed by atoms with Gasteiger partial charge in [-0.05, 0) is 45.9 Å². The highest BCUT2D eigenvalue weighted by Crippen LogP contribution is 2.32. The number of H-pyrrole nitrogens is 1. The molecule has 0 aliphatic carbocycles. The Morgan fingerprint density at radius 1 is 1.06 bits per heavy atom. The molecule has 184 valence electrons. The van der Waals surface area contributed by atoms with E-state index in [0.717, 1.165) is 0 Å². The molecule has 1 aromatic carbocycles. The number of amides is 3. The second kappa shape index (κ2) is 10.1. The zero-order valence-electron chi connectivity index (χ0n) is 19.4. The first-order valence-corrected chi connectivity index (χ1v) is 11.4. The van der Waals surface area contributed by atoms with Crippen LogP contribution in [0, 0.1) is 6.92 Å². The molecule has 1 fully saturated rings. The highest BCUT2D eigenvalue weighted by atomic mass is 35.5. The lowest BCUT2D eigenvalue weighted by Gasteiger charge is -2.37. The Kier molecular flexibility index (Phi) is 7.64. The number of halogens is 2. The molecule has 5 N–H and O–H groups in total. The molecular weight excluding hydrogens is 483 g/mol. The molecule has 1 saturated heterocycles. The highest BCUT2D eigenvalue weighted by molar-refractivity contribution is 6.44. The Hall–Kier alpha value is -2.95. The summed E-state index contributed by atoms with van der Waals surface area (Å²) in [7, 11) is 0. The molecule has 0 radical (unpaired) electrons. The molecule has 1 aromatic heterocycles. The van der Waals surface area contributed by atoms with Gasteiger partial charge >= 0.3 is 6.09 Å². The van der Waals surface area contributed by atoms with Crippen LogP contribution in [0.25, 0.3) is 0 Å². The molecule has 0 spiro atoms. The first-order chi connectivity index (χ1) is 15.9. The van der Waals surface area contributed by atoms with Gasteiger partial charge in [-0.1, -0.05) is 23.2 Å². The standard InChI is InChI=1S/C22H28Cl2N6O4/c1-12-16(23)17(24)18(26-12)20(32)27-14-6-5-13(19(31)28-25)11-15(14)29-7-9-30(10-8-29)21(33)34-22(2,3)4/h5-6,11,26H,7-10,25H2,1-4H3,(H,27,32)(H,28,31). The van der Waals surface area contributed by atoms with Crippen LogP contribution < -0.4 is 21.5 Å². The van der Waals surface area contributed by atoms with Gasteiger partial charge in [-0.25, -0.2) is 10.6 Å². The van der Waals surface area contributed by atoms with Gasteiger partial charge in [0.2, 0.25) is 0 Å². The molecule has 3 amide bonds. The van der Waals surface area contributed by atoms with Gasteiger partial charge in [-0.3, -0.25) is 15.0 Å². The fourth-order valence-electron chi connectivity index (χ4n) is 3.49. The first-order valence-electron chi connectivity index (χ1n) is 10.6. The summed E-state index contributed by atoms with van der Waals surface area (Å²) in [5.74, 6) is 4.34. The number of aromatic nitrogens is 1. The summed E-state index contributed by atoms with van der Waals surface area (Å²) in [4.78, 5) is 43.9. The third-order valence-corrected chi connectivity index (χ3v) is 6.14. The minimum atomic E-state index is -0.587. The van der Waals surface area contributed by atoms with Crippen molar-refractivity contribution in [1.82, 2.24) is 15.3 Å². The highest BCUT2D eigenvalue weighted by Gasteiger charge is 2.28. The number of carbonyl (C=O) groups is 3. The van der Waals surface area contributed by atoms with Crippen LogP contribution >= 0.6 is 23.2 Å². The van der Waals surface area contributed by atoms with Crippen molar-refractivity contribution in [3.05, 3.63) is 45.2 Å². The maximum absolute atomic E-state index is 12.9. The van der Waals surface area contributed by atoms with Gasteiger partial charge in [0.05, 0.1) is 21.4 Å². The van der Waals surface area contributed by atoms with Gasteiger partial charge in [-0.2, -0.15) is 0 Å². The molecule has 0 unspecified atom stereocenters. The van der Waals surface area contributed by atoms with E-state index in [1.165, 1.54) is 0 Å². The van der Waals surface area contributed by atoms with E-state index in [1.54, 1.807) is 30.0 Å². The lowest BCUT2D eigenvalue weighted by molar-refractivity contribution is 0.0240. The lowest BCUT2D eigenvalue weighted by Crippen LogP contribution is -2.50. The second-order valence-corrected chi connectivity index (χ2v) is 9.62. The van der Waals surface area contributed by atoms with E-state index in [9.17, 15) is 14.4 Å².